The van der Waals surface area contributed by atoms with Crippen LogP contribution in [-0.2, 0) is 6.42 Å². The molecule has 0 spiro atoms. The minimum Gasteiger partial charge on any atom is -0.378 e. The van der Waals surface area contributed by atoms with Crippen molar-refractivity contribution < 1.29 is 4.39 Å². The number of aryl methyl sites for hydroxylation is 1. The van der Waals surface area contributed by atoms with E-state index in [1.165, 1.54) is 11.3 Å². The van der Waals surface area contributed by atoms with Gasteiger partial charge in [-0.1, -0.05) is 42.7 Å². The SMILES string of the molecule is C=C(c1ccc(CCC#Cc2ccc(N(C)C)cc2)cc1)N(C)C(CN)C(NC)C(C)F. The van der Waals surface area contributed by atoms with Gasteiger partial charge in [0.05, 0.1) is 12.1 Å². The van der Waals surface area contributed by atoms with Crippen molar-refractivity contribution in [1.82, 2.24) is 10.2 Å². The highest BCUT2D eigenvalue weighted by atomic mass is 19.1. The summed E-state index contributed by atoms with van der Waals surface area (Å²) in [5.74, 6) is 6.49. The molecule has 32 heavy (non-hydrogen) atoms. The summed E-state index contributed by atoms with van der Waals surface area (Å²) in [5.41, 5.74) is 11.2. The maximum atomic E-state index is 14.0. The van der Waals surface area contributed by atoms with Crippen molar-refractivity contribution in [2.24, 2.45) is 5.73 Å². The number of benzene rings is 2. The molecule has 0 aliphatic rings. The molecule has 0 saturated carbocycles. The summed E-state index contributed by atoms with van der Waals surface area (Å²) in [5, 5.41) is 3.04. The predicted octanol–water partition coefficient (Wildman–Crippen LogP) is 3.91. The van der Waals surface area contributed by atoms with Crippen molar-refractivity contribution >= 4 is 11.4 Å². The highest BCUT2D eigenvalue weighted by molar-refractivity contribution is 5.62. The molecule has 2 aromatic carbocycles. The summed E-state index contributed by atoms with van der Waals surface area (Å²) >= 11 is 0. The minimum absolute atomic E-state index is 0.186. The first kappa shape index (κ1) is 25.5. The fourth-order valence-corrected chi connectivity index (χ4v) is 3.76. The molecule has 3 N–H and O–H groups in total. The van der Waals surface area contributed by atoms with Crippen molar-refractivity contribution in [1.29, 1.82) is 0 Å². The van der Waals surface area contributed by atoms with E-state index in [0.717, 1.165) is 29.7 Å². The number of hydrogen-bond acceptors (Lipinski definition) is 4. The van der Waals surface area contributed by atoms with Gasteiger partial charge in [0.15, 0.2) is 0 Å². The van der Waals surface area contributed by atoms with Crippen LogP contribution in [0.2, 0.25) is 0 Å². The van der Waals surface area contributed by atoms with Gasteiger partial charge >= 0.3 is 0 Å². The smallest absolute Gasteiger partial charge is 0.115 e. The Balaban J connectivity index is 1.95. The van der Waals surface area contributed by atoms with Crippen LogP contribution in [0, 0.1) is 11.8 Å². The molecule has 0 saturated heterocycles. The van der Waals surface area contributed by atoms with Crippen LogP contribution in [0.5, 0.6) is 0 Å². The van der Waals surface area contributed by atoms with Gasteiger partial charge in [0.2, 0.25) is 0 Å². The van der Waals surface area contributed by atoms with Gasteiger partial charge in [-0.25, -0.2) is 4.39 Å². The van der Waals surface area contributed by atoms with Crippen LogP contribution in [-0.4, -0.2) is 57.9 Å². The maximum Gasteiger partial charge on any atom is 0.115 e. The fourth-order valence-electron chi connectivity index (χ4n) is 3.76. The molecule has 0 heterocycles. The third-order valence-electron chi connectivity index (χ3n) is 5.85. The van der Waals surface area contributed by atoms with Gasteiger partial charge in [0.25, 0.3) is 0 Å². The highest BCUT2D eigenvalue weighted by Gasteiger charge is 2.28. The Labute approximate surface area is 193 Å². The Morgan fingerprint density at radius 1 is 1.09 bits per heavy atom. The largest absolute Gasteiger partial charge is 0.378 e. The average molecular weight is 437 g/mol. The van der Waals surface area contributed by atoms with E-state index in [9.17, 15) is 4.39 Å². The van der Waals surface area contributed by atoms with E-state index in [0.29, 0.717) is 6.54 Å². The van der Waals surface area contributed by atoms with Crippen molar-refractivity contribution in [2.45, 2.75) is 38.0 Å². The van der Waals surface area contributed by atoms with Gasteiger partial charge in [-0.15, -0.1) is 0 Å². The van der Waals surface area contributed by atoms with Crippen LogP contribution in [0.15, 0.2) is 55.1 Å². The molecule has 0 aliphatic heterocycles. The summed E-state index contributed by atoms with van der Waals surface area (Å²) < 4.78 is 14.0. The van der Waals surface area contributed by atoms with Crippen LogP contribution in [0.3, 0.4) is 0 Å². The third kappa shape index (κ3) is 6.85. The number of anilines is 1. The van der Waals surface area contributed by atoms with Gasteiger partial charge in [-0.3, -0.25) is 0 Å². The van der Waals surface area contributed by atoms with Gasteiger partial charge in [-0.2, -0.15) is 0 Å². The Kier molecular flexibility index (Phi) is 9.77. The topological polar surface area (TPSA) is 44.5 Å². The van der Waals surface area contributed by atoms with Crippen molar-refractivity contribution in [3.05, 3.63) is 71.8 Å². The molecule has 5 heteroatoms. The number of nitrogens with zero attached hydrogens (tertiary/aromatic N) is 2. The quantitative estimate of drug-likeness (QED) is 0.554. The van der Waals surface area contributed by atoms with Gasteiger partial charge < -0.3 is 20.9 Å². The number of halogens is 1. The van der Waals surface area contributed by atoms with E-state index < -0.39 is 6.17 Å². The van der Waals surface area contributed by atoms with Crippen molar-refractivity contribution in [3.8, 4) is 11.8 Å². The third-order valence-corrected chi connectivity index (χ3v) is 5.85. The number of nitrogens with two attached hydrogens (primary N) is 1. The second-order valence-corrected chi connectivity index (χ2v) is 8.29. The van der Waals surface area contributed by atoms with Gasteiger partial charge in [0.1, 0.15) is 6.17 Å². The van der Waals surface area contributed by atoms with Crippen LogP contribution >= 0.6 is 0 Å². The molecule has 0 aromatic heterocycles. The molecular formula is C27H37FN4. The van der Waals surface area contributed by atoms with E-state index in [1.807, 2.05) is 26.0 Å². The van der Waals surface area contributed by atoms with Crippen LogP contribution < -0.4 is 16.0 Å². The molecule has 172 valence electrons. The van der Waals surface area contributed by atoms with Crippen molar-refractivity contribution in [3.63, 3.8) is 0 Å². The monoisotopic (exact) mass is 436 g/mol. The molecule has 3 unspecified atom stereocenters. The second-order valence-electron chi connectivity index (χ2n) is 8.29. The van der Waals surface area contributed by atoms with E-state index in [-0.39, 0.29) is 12.1 Å². The van der Waals surface area contributed by atoms with Gasteiger partial charge in [0, 0.05) is 51.1 Å². The zero-order chi connectivity index (χ0) is 23.7. The second kappa shape index (κ2) is 12.3. The predicted molar refractivity (Wildman–Crippen MR) is 135 cm³/mol. The van der Waals surface area contributed by atoms with E-state index in [2.05, 4.69) is 77.2 Å². The first-order chi connectivity index (χ1) is 15.3. The standard InChI is InChI=1S/C27H37FN4/c1-20(28)27(30-3)26(19-29)32(6)21(2)24-15-11-22(12-16-24)9-7-8-10-23-13-17-25(18-14-23)31(4)5/h11-18,20,26-27,30H,2,7,9,19,29H2,1,3-6H3. The van der Waals surface area contributed by atoms with Crippen LogP contribution in [0.4, 0.5) is 10.1 Å². The fraction of sp³-hybridized carbons (Fsp3) is 0.407. The van der Waals surface area contributed by atoms with Crippen LogP contribution in [0.25, 0.3) is 5.70 Å². The lowest BCUT2D eigenvalue weighted by atomic mass is 10.0. The molecule has 0 bridgehead atoms. The van der Waals surface area contributed by atoms with Crippen LogP contribution in [0.1, 0.15) is 30.0 Å². The molecular weight excluding hydrogens is 399 g/mol. The Hall–Kier alpha value is -2.81. The molecule has 0 fully saturated rings. The first-order valence-electron chi connectivity index (χ1n) is 11.1. The summed E-state index contributed by atoms with van der Waals surface area (Å²) in [6.07, 6.45) is 0.666. The highest BCUT2D eigenvalue weighted by Crippen LogP contribution is 2.22. The zero-order valence-electron chi connectivity index (χ0n) is 20.0. The zero-order valence-corrected chi connectivity index (χ0v) is 20.0. The number of likely N-dealkylation sites (N-methyl/N-ethyl adjacent to an activating group) is 2. The van der Waals surface area contributed by atoms with Crippen molar-refractivity contribution in [2.75, 3.05) is 39.6 Å². The molecule has 3 atom stereocenters. The van der Waals surface area contributed by atoms with E-state index in [1.54, 1.807) is 14.0 Å². The Morgan fingerprint density at radius 3 is 2.22 bits per heavy atom. The minimum atomic E-state index is -1.02. The number of alkyl halides is 1. The lowest BCUT2D eigenvalue weighted by molar-refractivity contribution is 0.187. The molecule has 4 nitrogen and oxygen atoms in total. The molecule has 0 aliphatic carbocycles. The summed E-state index contributed by atoms with van der Waals surface area (Å²) in [6, 6.07) is 16.0. The number of nitrogens with one attached hydrogen (secondary N) is 1. The normalized spacial score (nSPS) is 13.5. The molecule has 0 radical (unpaired) electrons. The Bertz CT molecular complexity index is 907. The van der Waals surface area contributed by atoms with E-state index >= 15 is 0 Å². The lowest BCUT2D eigenvalue weighted by Gasteiger charge is -2.37. The Morgan fingerprint density at radius 2 is 1.72 bits per heavy atom. The molecule has 2 rings (SSSR count). The lowest BCUT2D eigenvalue weighted by Crippen LogP contribution is -2.54. The number of rotatable bonds is 10. The van der Waals surface area contributed by atoms with Gasteiger partial charge in [-0.05, 0) is 55.8 Å². The molecule has 2 aromatic rings. The summed E-state index contributed by atoms with van der Waals surface area (Å²) in [4.78, 5) is 4.05. The van der Waals surface area contributed by atoms with E-state index in [4.69, 9.17) is 5.73 Å². The number of hydrogen-bond donors (Lipinski definition) is 2. The maximum absolute atomic E-state index is 14.0. The first-order valence-corrected chi connectivity index (χ1v) is 11.1. The summed E-state index contributed by atoms with van der Waals surface area (Å²) in [6.45, 7) is 6.11. The summed E-state index contributed by atoms with van der Waals surface area (Å²) in [7, 11) is 7.73. The molecule has 0 amide bonds. The average Bonchev–Trinajstić information content (AvgIpc) is 2.79.